The molecule has 1 aromatic carbocycles. The van der Waals surface area contributed by atoms with E-state index in [1.165, 1.54) is 30.3 Å². The molecule has 0 bridgehead atoms. The number of benzene rings is 1. The highest BCUT2D eigenvalue weighted by atomic mass is 35.5. The van der Waals surface area contributed by atoms with Crippen LogP contribution in [0.15, 0.2) is 30.3 Å². The summed E-state index contributed by atoms with van der Waals surface area (Å²) in [5.74, 6) is -1.03. The van der Waals surface area contributed by atoms with Gasteiger partial charge in [0.1, 0.15) is 10.9 Å². The van der Waals surface area contributed by atoms with Crippen LogP contribution in [0.5, 0.6) is 11.6 Å². The zero-order valence-electron chi connectivity index (χ0n) is 10.7. The third-order valence-electron chi connectivity index (χ3n) is 2.61. The molecule has 2 rings (SSSR count). The highest BCUT2D eigenvalue weighted by molar-refractivity contribution is 6.29. The SMILES string of the molecule is Cc1ccc([N+](=O)[O-])cc1Oc1cc(C(=O)O)cc(Cl)n1. The van der Waals surface area contributed by atoms with Crippen molar-refractivity contribution in [3.63, 3.8) is 0 Å². The van der Waals surface area contributed by atoms with Gasteiger partial charge in [-0.3, -0.25) is 10.1 Å². The minimum Gasteiger partial charge on any atom is -0.478 e. The predicted molar refractivity (Wildman–Crippen MR) is 74.1 cm³/mol. The standard InChI is InChI=1S/C13H9ClN2O5/c1-7-2-3-9(16(19)20)6-10(7)21-12-5-8(13(17)18)4-11(14)15-12/h2-6H,1H3,(H,17,18). The Morgan fingerprint density at radius 1 is 1.38 bits per heavy atom. The van der Waals surface area contributed by atoms with Gasteiger partial charge in [-0.05, 0) is 24.6 Å². The van der Waals surface area contributed by atoms with Gasteiger partial charge < -0.3 is 9.84 Å². The van der Waals surface area contributed by atoms with E-state index >= 15 is 0 Å². The van der Waals surface area contributed by atoms with E-state index in [0.29, 0.717) is 5.56 Å². The third kappa shape index (κ3) is 3.46. The molecule has 1 heterocycles. The lowest BCUT2D eigenvalue weighted by molar-refractivity contribution is -0.384. The molecule has 0 aliphatic rings. The summed E-state index contributed by atoms with van der Waals surface area (Å²) in [5, 5.41) is 19.6. The summed E-state index contributed by atoms with van der Waals surface area (Å²) < 4.78 is 5.41. The van der Waals surface area contributed by atoms with E-state index in [9.17, 15) is 14.9 Å². The second kappa shape index (κ2) is 5.76. The van der Waals surface area contributed by atoms with Crippen molar-refractivity contribution in [2.75, 3.05) is 0 Å². The molecule has 8 heteroatoms. The number of carbonyl (C=O) groups is 1. The number of aromatic nitrogens is 1. The van der Waals surface area contributed by atoms with Crippen LogP contribution in [0.2, 0.25) is 5.15 Å². The normalized spacial score (nSPS) is 10.2. The smallest absolute Gasteiger partial charge is 0.335 e. The van der Waals surface area contributed by atoms with Crippen LogP contribution in [-0.2, 0) is 0 Å². The van der Waals surface area contributed by atoms with Gasteiger partial charge in [-0.2, -0.15) is 0 Å². The monoisotopic (exact) mass is 308 g/mol. The number of nitrogens with zero attached hydrogens (tertiary/aromatic N) is 2. The Bertz CT molecular complexity index is 732. The second-order valence-electron chi connectivity index (χ2n) is 4.13. The molecule has 0 fully saturated rings. The molecule has 0 saturated heterocycles. The largest absolute Gasteiger partial charge is 0.478 e. The molecular weight excluding hydrogens is 300 g/mol. The van der Waals surface area contributed by atoms with Gasteiger partial charge in [-0.1, -0.05) is 11.6 Å². The van der Waals surface area contributed by atoms with E-state index in [-0.39, 0.29) is 28.0 Å². The summed E-state index contributed by atoms with van der Waals surface area (Å²) in [6.07, 6.45) is 0. The highest BCUT2D eigenvalue weighted by Crippen LogP contribution is 2.29. The van der Waals surface area contributed by atoms with Crippen LogP contribution in [0.4, 0.5) is 5.69 Å². The fourth-order valence-electron chi connectivity index (χ4n) is 1.57. The molecule has 0 amide bonds. The van der Waals surface area contributed by atoms with Crippen LogP contribution in [0.3, 0.4) is 0 Å². The second-order valence-corrected chi connectivity index (χ2v) is 4.52. The number of carboxylic acids is 1. The summed E-state index contributed by atoms with van der Waals surface area (Å²) >= 11 is 5.72. The molecule has 0 aliphatic heterocycles. The van der Waals surface area contributed by atoms with Gasteiger partial charge in [0, 0.05) is 12.1 Å². The van der Waals surface area contributed by atoms with Gasteiger partial charge in [-0.25, -0.2) is 9.78 Å². The minimum atomic E-state index is -1.18. The number of hydrogen-bond donors (Lipinski definition) is 1. The zero-order chi connectivity index (χ0) is 15.6. The van der Waals surface area contributed by atoms with Crippen molar-refractivity contribution in [1.29, 1.82) is 0 Å². The molecule has 0 aliphatic carbocycles. The van der Waals surface area contributed by atoms with Crippen LogP contribution >= 0.6 is 11.6 Å². The molecule has 7 nitrogen and oxygen atoms in total. The third-order valence-corrected chi connectivity index (χ3v) is 2.81. The number of aryl methyl sites for hydroxylation is 1. The molecule has 0 atom stereocenters. The number of halogens is 1. The van der Waals surface area contributed by atoms with Crippen molar-refractivity contribution in [1.82, 2.24) is 4.98 Å². The first-order valence-corrected chi connectivity index (χ1v) is 6.08. The number of ether oxygens (including phenoxy) is 1. The van der Waals surface area contributed by atoms with E-state index < -0.39 is 10.9 Å². The molecule has 2 aromatic rings. The van der Waals surface area contributed by atoms with Gasteiger partial charge in [0.2, 0.25) is 5.88 Å². The first-order chi connectivity index (χ1) is 9.86. The lowest BCUT2D eigenvalue weighted by Crippen LogP contribution is -1.99. The number of hydrogen-bond acceptors (Lipinski definition) is 5. The van der Waals surface area contributed by atoms with Gasteiger partial charge in [0.05, 0.1) is 16.6 Å². The molecule has 21 heavy (non-hydrogen) atoms. The molecule has 1 N–H and O–H groups in total. The van der Waals surface area contributed by atoms with Gasteiger partial charge in [0.15, 0.2) is 0 Å². The maximum Gasteiger partial charge on any atom is 0.335 e. The van der Waals surface area contributed by atoms with Crippen molar-refractivity contribution >= 4 is 23.3 Å². The van der Waals surface area contributed by atoms with E-state index in [1.807, 2.05) is 0 Å². The summed E-state index contributed by atoms with van der Waals surface area (Å²) in [6.45, 7) is 1.70. The average molecular weight is 309 g/mol. The van der Waals surface area contributed by atoms with Gasteiger partial charge >= 0.3 is 5.97 Å². The quantitative estimate of drug-likeness (QED) is 0.527. The fraction of sp³-hybridized carbons (Fsp3) is 0.0769. The number of nitro groups is 1. The Morgan fingerprint density at radius 3 is 2.71 bits per heavy atom. The fourth-order valence-corrected chi connectivity index (χ4v) is 1.77. The number of carboxylic acid groups (broad SMARTS) is 1. The van der Waals surface area contributed by atoms with E-state index in [2.05, 4.69) is 4.98 Å². The summed E-state index contributed by atoms with van der Waals surface area (Å²) in [6, 6.07) is 6.47. The van der Waals surface area contributed by atoms with E-state index in [4.69, 9.17) is 21.4 Å². The Balaban J connectivity index is 2.40. The van der Waals surface area contributed by atoms with Crippen molar-refractivity contribution in [2.45, 2.75) is 6.92 Å². The summed E-state index contributed by atoms with van der Waals surface area (Å²) in [5.41, 5.74) is 0.406. The van der Waals surface area contributed by atoms with Crippen LogP contribution in [0.25, 0.3) is 0 Å². The molecular formula is C13H9ClN2O5. The van der Waals surface area contributed by atoms with Crippen molar-refractivity contribution < 1.29 is 19.6 Å². The number of rotatable bonds is 4. The maximum atomic E-state index is 10.9. The van der Waals surface area contributed by atoms with E-state index in [1.54, 1.807) is 6.92 Å². The Morgan fingerprint density at radius 2 is 2.10 bits per heavy atom. The van der Waals surface area contributed by atoms with Gasteiger partial charge in [-0.15, -0.1) is 0 Å². The molecule has 1 aromatic heterocycles. The number of non-ortho nitro benzene ring substituents is 1. The minimum absolute atomic E-state index is 0.0482. The molecule has 0 radical (unpaired) electrons. The predicted octanol–water partition coefficient (Wildman–Crippen LogP) is 3.44. The maximum absolute atomic E-state index is 10.9. The van der Waals surface area contributed by atoms with Crippen LogP contribution in [0.1, 0.15) is 15.9 Å². The van der Waals surface area contributed by atoms with Gasteiger partial charge in [0.25, 0.3) is 5.69 Å². The van der Waals surface area contributed by atoms with Crippen LogP contribution < -0.4 is 4.74 Å². The number of pyridine rings is 1. The Hall–Kier alpha value is -2.67. The Kier molecular flexibility index (Phi) is 4.04. The molecule has 0 unspecified atom stereocenters. The average Bonchev–Trinajstić information content (AvgIpc) is 2.40. The van der Waals surface area contributed by atoms with Crippen molar-refractivity contribution in [2.24, 2.45) is 0 Å². The first-order valence-electron chi connectivity index (χ1n) is 5.70. The van der Waals surface area contributed by atoms with Crippen molar-refractivity contribution in [3.8, 4) is 11.6 Å². The zero-order valence-corrected chi connectivity index (χ0v) is 11.5. The van der Waals surface area contributed by atoms with Crippen LogP contribution in [-0.4, -0.2) is 21.0 Å². The molecule has 108 valence electrons. The topological polar surface area (TPSA) is 103 Å². The Labute approximate surface area is 123 Å². The lowest BCUT2D eigenvalue weighted by atomic mass is 10.2. The van der Waals surface area contributed by atoms with Crippen molar-refractivity contribution in [3.05, 3.63) is 56.7 Å². The lowest BCUT2D eigenvalue weighted by Gasteiger charge is -2.08. The van der Waals surface area contributed by atoms with E-state index in [0.717, 1.165) is 0 Å². The number of nitro benzene ring substituents is 1. The summed E-state index contributed by atoms with van der Waals surface area (Å²) in [7, 11) is 0. The van der Waals surface area contributed by atoms with Crippen LogP contribution in [0, 0.1) is 17.0 Å². The molecule has 0 spiro atoms. The highest BCUT2D eigenvalue weighted by Gasteiger charge is 2.13. The number of aromatic carboxylic acids is 1. The summed E-state index contributed by atoms with van der Waals surface area (Å²) in [4.78, 5) is 25.0. The first kappa shape index (κ1) is 14.7. The molecule has 0 saturated carbocycles.